The molecule has 1 amide bonds. The number of hydrogen-bond donors (Lipinski definition) is 1. The second-order valence-electron chi connectivity index (χ2n) is 5.75. The van der Waals surface area contributed by atoms with Gasteiger partial charge in [-0.15, -0.1) is 0 Å². The number of amides is 1. The Hall–Kier alpha value is -3.08. The maximum absolute atomic E-state index is 12.3. The summed E-state index contributed by atoms with van der Waals surface area (Å²) >= 11 is 0. The Labute approximate surface area is 140 Å². The molecule has 0 radical (unpaired) electrons. The molecule has 1 N–H and O–H groups in total. The van der Waals surface area contributed by atoms with Crippen molar-refractivity contribution in [3.63, 3.8) is 0 Å². The predicted octanol–water partition coefficient (Wildman–Crippen LogP) is 3.72. The van der Waals surface area contributed by atoms with Gasteiger partial charge in [0.15, 0.2) is 5.82 Å². The normalized spacial score (nSPS) is 10.5. The van der Waals surface area contributed by atoms with Crippen LogP contribution >= 0.6 is 0 Å². The van der Waals surface area contributed by atoms with Gasteiger partial charge in [-0.2, -0.15) is 0 Å². The second kappa shape index (κ2) is 6.58. The maximum Gasteiger partial charge on any atom is 0.257 e. The lowest BCUT2D eigenvalue weighted by molar-refractivity contribution is 0.102. The second-order valence-corrected chi connectivity index (χ2v) is 5.75. The van der Waals surface area contributed by atoms with Crippen molar-refractivity contribution < 1.29 is 4.79 Å². The van der Waals surface area contributed by atoms with Gasteiger partial charge in [-0.1, -0.05) is 17.7 Å². The van der Waals surface area contributed by atoms with Crippen molar-refractivity contribution >= 4 is 11.7 Å². The molecule has 5 nitrogen and oxygen atoms in total. The number of carbonyl (C=O) groups is 1. The number of nitrogens with one attached hydrogen (secondary N) is 1. The summed E-state index contributed by atoms with van der Waals surface area (Å²) in [6.07, 6.45) is 6.50. The molecule has 0 atom stereocenters. The lowest BCUT2D eigenvalue weighted by Crippen LogP contribution is -2.14. The monoisotopic (exact) mass is 318 g/mol. The maximum atomic E-state index is 12.3. The Balaban J connectivity index is 1.81. The van der Waals surface area contributed by atoms with Crippen LogP contribution in [0.5, 0.6) is 0 Å². The summed E-state index contributed by atoms with van der Waals surface area (Å²) in [7, 11) is 0. The van der Waals surface area contributed by atoms with Gasteiger partial charge in [0, 0.05) is 23.5 Å². The number of rotatable bonds is 3. The summed E-state index contributed by atoms with van der Waals surface area (Å²) in [6.45, 7) is 5.93. The van der Waals surface area contributed by atoms with Crippen LogP contribution in [-0.4, -0.2) is 20.9 Å². The van der Waals surface area contributed by atoms with Crippen LogP contribution in [0.4, 0.5) is 5.82 Å². The Morgan fingerprint density at radius 3 is 2.50 bits per heavy atom. The fourth-order valence-corrected chi connectivity index (χ4v) is 2.46. The third-order valence-electron chi connectivity index (χ3n) is 3.83. The minimum Gasteiger partial charge on any atom is -0.305 e. The van der Waals surface area contributed by atoms with Crippen LogP contribution in [0.1, 0.15) is 27.0 Å². The van der Waals surface area contributed by atoms with Crippen LogP contribution in [0.15, 0.2) is 49.1 Å². The van der Waals surface area contributed by atoms with Crippen molar-refractivity contribution in [2.75, 3.05) is 5.32 Å². The molecular formula is C19H18N4O. The van der Waals surface area contributed by atoms with Gasteiger partial charge in [0.2, 0.25) is 0 Å². The highest BCUT2D eigenvalue weighted by molar-refractivity contribution is 6.04. The van der Waals surface area contributed by atoms with E-state index in [4.69, 9.17) is 0 Å². The molecule has 0 spiro atoms. The Kier molecular flexibility index (Phi) is 4.33. The molecule has 0 unspecified atom stereocenters. The Bertz CT molecular complexity index is 888. The largest absolute Gasteiger partial charge is 0.305 e. The minimum atomic E-state index is -0.219. The van der Waals surface area contributed by atoms with Crippen molar-refractivity contribution in [3.05, 3.63) is 71.3 Å². The average Bonchev–Trinajstić information content (AvgIpc) is 2.58. The van der Waals surface area contributed by atoms with Crippen LogP contribution < -0.4 is 5.32 Å². The van der Waals surface area contributed by atoms with E-state index in [2.05, 4.69) is 38.5 Å². The van der Waals surface area contributed by atoms with Crippen molar-refractivity contribution in [3.8, 4) is 11.3 Å². The molecule has 3 rings (SSSR count). The van der Waals surface area contributed by atoms with Crippen LogP contribution in [0.2, 0.25) is 0 Å². The van der Waals surface area contributed by atoms with Crippen LogP contribution in [0, 0.1) is 20.8 Å². The standard InChI is InChI=1S/C19H18N4O/c1-12-4-5-13(2)16(8-12)17-10-22-18(11-21-17)23-19(24)15-6-7-20-9-14(15)3/h4-11H,1-3H3,(H,22,23,24). The number of aryl methyl sites for hydroxylation is 3. The molecule has 24 heavy (non-hydrogen) atoms. The molecule has 120 valence electrons. The van der Waals surface area contributed by atoms with Crippen LogP contribution in [0.25, 0.3) is 11.3 Å². The van der Waals surface area contributed by atoms with Crippen LogP contribution in [-0.2, 0) is 0 Å². The van der Waals surface area contributed by atoms with Gasteiger partial charge < -0.3 is 5.32 Å². The molecular weight excluding hydrogens is 300 g/mol. The number of anilines is 1. The van der Waals surface area contributed by atoms with Crippen molar-refractivity contribution in [1.82, 2.24) is 15.0 Å². The summed E-state index contributed by atoms with van der Waals surface area (Å²) < 4.78 is 0. The first-order valence-corrected chi connectivity index (χ1v) is 7.66. The zero-order valence-electron chi connectivity index (χ0n) is 13.9. The Morgan fingerprint density at radius 1 is 0.958 bits per heavy atom. The first kappa shape index (κ1) is 15.8. The quantitative estimate of drug-likeness (QED) is 0.799. The van der Waals surface area contributed by atoms with E-state index in [-0.39, 0.29) is 5.91 Å². The van der Waals surface area contributed by atoms with E-state index in [0.29, 0.717) is 11.4 Å². The molecule has 0 saturated carbocycles. The zero-order chi connectivity index (χ0) is 17.1. The van der Waals surface area contributed by atoms with Gasteiger partial charge in [0.25, 0.3) is 5.91 Å². The smallest absolute Gasteiger partial charge is 0.257 e. The number of nitrogens with zero attached hydrogens (tertiary/aromatic N) is 3. The number of hydrogen-bond acceptors (Lipinski definition) is 4. The highest BCUT2D eigenvalue weighted by atomic mass is 16.1. The third kappa shape index (κ3) is 3.30. The fraction of sp³-hybridized carbons (Fsp3) is 0.158. The van der Waals surface area contributed by atoms with Gasteiger partial charge in [-0.05, 0) is 44.0 Å². The minimum absolute atomic E-state index is 0.219. The molecule has 2 aromatic heterocycles. The number of benzene rings is 1. The first-order valence-electron chi connectivity index (χ1n) is 7.66. The summed E-state index contributed by atoms with van der Waals surface area (Å²) in [6, 6.07) is 7.90. The number of carbonyl (C=O) groups excluding carboxylic acids is 1. The summed E-state index contributed by atoms with van der Waals surface area (Å²) in [5.41, 5.74) is 5.53. The molecule has 0 aliphatic rings. The molecule has 0 aliphatic heterocycles. The van der Waals surface area contributed by atoms with Gasteiger partial charge >= 0.3 is 0 Å². The van der Waals surface area contributed by atoms with Gasteiger partial charge in [0.05, 0.1) is 18.1 Å². The van der Waals surface area contributed by atoms with Crippen molar-refractivity contribution in [2.24, 2.45) is 0 Å². The van der Waals surface area contributed by atoms with E-state index in [1.165, 1.54) is 5.56 Å². The van der Waals surface area contributed by atoms with Gasteiger partial charge in [-0.3, -0.25) is 14.8 Å². The average molecular weight is 318 g/mol. The molecule has 0 aliphatic carbocycles. The Morgan fingerprint density at radius 2 is 1.79 bits per heavy atom. The highest BCUT2D eigenvalue weighted by Gasteiger charge is 2.10. The van der Waals surface area contributed by atoms with Gasteiger partial charge in [-0.25, -0.2) is 4.98 Å². The van der Waals surface area contributed by atoms with Gasteiger partial charge in [0.1, 0.15) is 0 Å². The van der Waals surface area contributed by atoms with Crippen molar-refractivity contribution in [1.29, 1.82) is 0 Å². The topological polar surface area (TPSA) is 67.8 Å². The SMILES string of the molecule is Cc1ccc(C)c(-c2cnc(NC(=O)c3ccncc3C)cn2)c1. The van der Waals surface area contributed by atoms with E-state index < -0.39 is 0 Å². The molecule has 0 bridgehead atoms. The van der Waals surface area contributed by atoms with Crippen LogP contribution in [0.3, 0.4) is 0 Å². The first-order chi connectivity index (χ1) is 11.5. The van der Waals surface area contributed by atoms with E-state index >= 15 is 0 Å². The fourth-order valence-electron chi connectivity index (χ4n) is 2.46. The molecule has 5 heteroatoms. The summed E-state index contributed by atoms with van der Waals surface area (Å²) in [5.74, 6) is 0.203. The van der Waals surface area contributed by atoms with E-state index in [1.54, 1.807) is 30.9 Å². The molecule has 0 fully saturated rings. The number of aromatic nitrogens is 3. The third-order valence-corrected chi connectivity index (χ3v) is 3.83. The van der Waals surface area contributed by atoms with Crippen molar-refractivity contribution in [2.45, 2.75) is 20.8 Å². The molecule has 0 saturated heterocycles. The molecule has 3 aromatic rings. The summed E-state index contributed by atoms with van der Waals surface area (Å²) in [4.78, 5) is 25.0. The number of pyridine rings is 1. The lowest BCUT2D eigenvalue weighted by atomic mass is 10.0. The van der Waals surface area contributed by atoms with E-state index in [9.17, 15) is 4.79 Å². The molecule has 1 aromatic carbocycles. The molecule has 2 heterocycles. The highest BCUT2D eigenvalue weighted by Crippen LogP contribution is 2.22. The summed E-state index contributed by atoms with van der Waals surface area (Å²) in [5, 5.41) is 2.76. The van der Waals surface area contributed by atoms with E-state index in [0.717, 1.165) is 22.4 Å². The predicted molar refractivity (Wildman–Crippen MR) is 93.9 cm³/mol. The zero-order valence-corrected chi connectivity index (χ0v) is 13.9. The lowest BCUT2D eigenvalue weighted by Gasteiger charge is -2.08. The van der Waals surface area contributed by atoms with E-state index in [1.807, 2.05) is 20.8 Å².